The summed E-state index contributed by atoms with van der Waals surface area (Å²) in [6.45, 7) is 7.55. The van der Waals surface area contributed by atoms with Crippen LogP contribution in [0.3, 0.4) is 0 Å². The summed E-state index contributed by atoms with van der Waals surface area (Å²) >= 11 is 0. The highest BCUT2D eigenvalue weighted by molar-refractivity contribution is 6.39. The molecular weight excluding hydrogens is 114 g/mol. The molecule has 0 aliphatic carbocycles. The van der Waals surface area contributed by atoms with Crippen LogP contribution in [0.2, 0.25) is 0 Å². The van der Waals surface area contributed by atoms with E-state index in [1.807, 2.05) is 0 Å². The zero-order valence-electron chi connectivity index (χ0n) is 5.99. The fourth-order valence-corrected chi connectivity index (χ4v) is 1.26. The van der Waals surface area contributed by atoms with Crippen LogP contribution in [0.5, 0.6) is 0 Å². The Kier molecular flexibility index (Phi) is 5.01. The maximum Gasteiger partial charge on any atom is 0.116 e. The lowest BCUT2D eigenvalue weighted by atomic mass is 10.4. The van der Waals surface area contributed by atoms with Gasteiger partial charge in [-0.05, 0) is 20.4 Å². The molecule has 0 fully saturated rings. The van der Waals surface area contributed by atoms with Crippen molar-refractivity contribution in [1.29, 1.82) is 0 Å². The van der Waals surface area contributed by atoms with Crippen LogP contribution >= 0.6 is 0 Å². The molecule has 0 saturated heterocycles. The molecule has 0 amide bonds. The molecule has 0 aromatic carbocycles. The Labute approximate surface area is 54.1 Å². The second-order valence-electron chi connectivity index (χ2n) is 2.09. The first-order chi connectivity index (χ1) is 3.77. The monoisotopic (exact) mass is 129 g/mol. The lowest BCUT2D eigenvalue weighted by Crippen LogP contribution is -2.16. The van der Waals surface area contributed by atoms with Gasteiger partial charge in [-0.1, -0.05) is 18.2 Å². The summed E-state index contributed by atoms with van der Waals surface area (Å²) in [5.41, 5.74) is 3.77. The van der Waals surface area contributed by atoms with E-state index in [0.29, 0.717) is 0 Å². The molecule has 1 nitrogen and oxygen atoms in total. The van der Waals surface area contributed by atoms with Gasteiger partial charge in [0.25, 0.3) is 0 Å². The van der Waals surface area contributed by atoms with E-state index >= 15 is 0 Å². The molecule has 8 heavy (non-hydrogen) atoms. The van der Waals surface area contributed by atoms with Gasteiger partial charge in [0.2, 0.25) is 0 Å². The van der Waals surface area contributed by atoms with E-state index in [-0.39, 0.29) is 9.68 Å². The summed E-state index contributed by atoms with van der Waals surface area (Å²) in [5.74, 6) is 0. The summed E-state index contributed by atoms with van der Waals surface area (Å²) in [7, 11) is -0.0482. The van der Waals surface area contributed by atoms with Crippen LogP contribution in [-0.4, -0.2) is 16.2 Å². The average Bonchev–Trinajstić information content (AvgIpc) is 1.66. The van der Waals surface area contributed by atoms with Gasteiger partial charge in [-0.3, -0.25) is 0 Å². The minimum Gasteiger partial charge on any atom is -0.339 e. The predicted molar refractivity (Wildman–Crippen MR) is 41.7 cm³/mol. The number of hydrogen-bond donors (Lipinski definition) is 1. The maximum absolute atomic E-state index is 3.34. The lowest BCUT2D eigenvalue weighted by Gasteiger charge is -1.92. The lowest BCUT2D eigenvalue weighted by molar-refractivity contribution is 1.01. The molecule has 0 bridgehead atoms. The standard InChI is InChI=1S/C6H15NSi/c1-4-7-8-5-6(2)3/h5,7H,4,8H2,1-3H3. The molecule has 0 aromatic rings. The van der Waals surface area contributed by atoms with Crippen LogP contribution in [0.1, 0.15) is 20.8 Å². The third kappa shape index (κ3) is 5.92. The van der Waals surface area contributed by atoms with E-state index in [4.69, 9.17) is 0 Å². The van der Waals surface area contributed by atoms with Crippen LogP contribution in [0, 0.1) is 0 Å². The molecule has 0 unspecified atom stereocenters. The largest absolute Gasteiger partial charge is 0.339 e. The Morgan fingerprint density at radius 3 is 2.62 bits per heavy atom. The molecule has 0 aromatic heterocycles. The molecule has 0 aliphatic heterocycles. The zero-order chi connectivity index (χ0) is 6.41. The van der Waals surface area contributed by atoms with Crippen molar-refractivity contribution >= 4 is 9.68 Å². The third-order valence-corrected chi connectivity index (χ3v) is 2.71. The Bertz CT molecular complexity index is 74.6. The molecule has 1 N–H and O–H groups in total. The van der Waals surface area contributed by atoms with Crippen molar-refractivity contribution in [2.24, 2.45) is 0 Å². The van der Waals surface area contributed by atoms with Crippen molar-refractivity contribution in [3.05, 3.63) is 11.3 Å². The Morgan fingerprint density at radius 2 is 2.25 bits per heavy atom. The summed E-state index contributed by atoms with van der Waals surface area (Å²) in [6.07, 6.45) is 0. The maximum atomic E-state index is 3.34. The fraction of sp³-hybridized carbons (Fsp3) is 0.667. The number of allylic oxidation sites excluding steroid dienone is 1. The Morgan fingerprint density at radius 1 is 1.62 bits per heavy atom. The van der Waals surface area contributed by atoms with Gasteiger partial charge in [0, 0.05) is 0 Å². The highest BCUT2D eigenvalue weighted by Crippen LogP contribution is 1.82. The Balaban J connectivity index is 3.03. The quantitative estimate of drug-likeness (QED) is 0.435. The summed E-state index contributed by atoms with van der Waals surface area (Å²) in [6, 6.07) is 0. The van der Waals surface area contributed by atoms with Crippen molar-refractivity contribution in [1.82, 2.24) is 4.98 Å². The van der Waals surface area contributed by atoms with Crippen LogP contribution < -0.4 is 4.98 Å². The topological polar surface area (TPSA) is 12.0 Å². The molecule has 0 radical (unpaired) electrons. The van der Waals surface area contributed by atoms with Gasteiger partial charge in [0.15, 0.2) is 0 Å². The van der Waals surface area contributed by atoms with Crippen LogP contribution in [0.15, 0.2) is 11.3 Å². The zero-order valence-corrected chi connectivity index (χ0v) is 7.41. The minimum atomic E-state index is -0.0482. The molecule has 0 rings (SSSR count). The van der Waals surface area contributed by atoms with E-state index < -0.39 is 0 Å². The smallest absolute Gasteiger partial charge is 0.116 e. The first-order valence-corrected chi connectivity index (χ1v) is 4.63. The van der Waals surface area contributed by atoms with Gasteiger partial charge < -0.3 is 4.98 Å². The van der Waals surface area contributed by atoms with Crippen molar-refractivity contribution in [2.75, 3.05) is 6.54 Å². The molecule has 0 atom stereocenters. The van der Waals surface area contributed by atoms with Crippen molar-refractivity contribution < 1.29 is 0 Å². The van der Waals surface area contributed by atoms with Gasteiger partial charge in [-0.25, -0.2) is 0 Å². The molecule has 0 aliphatic rings. The van der Waals surface area contributed by atoms with E-state index in [2.05, 4.69) is 31.5 Å². The highest BCUT2D eigenvalue weighted by atomic mass is 28.2. The van der Waals surface area contributed by atoms with E-state index in [1.165, 1.54) is 5.57 Å². The molecule has 0 spiro atoms. The second kappa shape index (κ2) is 5.06. The fourth-order valence-electron chi connectivity index (χ4n) is 0.421. The molecule has 48 valence electrons. The SMILES string of the molecule is CCN[SiH2]C=C(C)C. The minimum absolute atomic E-state index is 0.0482. The van der Waals surface area contributed by atoms with E-state index in [0.717, 1.165) is 6.54 Å². The number of rotatable bonds is 3. The second-order valence-corrected chi connectivity index (χ2v) is 3.41. The number of nitrogens with one attached hydrogen (secondary N) is 1. The highest BCUT2D eigenvalue weighted by Gasteiger charge is 1.76. The van der Waals surface area contributed by atoms with Crippen molar-refractivity contribution in [2.45, 2.75) is 20.8 Å². The van der Waals surface area contributed by atoms with Gasteiger partial charge >= 0.3 is 0 Å². The molecule has 2 heteroatoms. The Hall–Kier alpha value is -0.0831. The van der Waals surface area contributed by atoms with Gasteiger partial charge in [0.1, 0.15) is 9.68 Å². The third-order valence-electron chi connectivity index (χ3n) is 0.905. The normalized spacial score (nSPS) is 10.4. The predicted octanol–water partition coefficient (Wildman–Crippen LogP) is 0.603. The molecular formula is C6H15NSi. The summed E-state index contributed by atoms with van der Waals surface area (Å²) in [5, 5.41) is 0. The molecule has 0 heterocycles. The van der Waals surface area contributed by atoms with Gasteiger partial charge in [-0.2, -0.15) is 0 Å². The van der Waals surface area contributed by atoms with Crippen molar-refractivity contribution in [3.63, 3.8) is 0 Å². The summed E-state index contributed by atoms with van der Waals surface area (Å²) < 4.78 is 0. The first kappa shape index (κ1) is 7.92. The van der Waals surface area contributed by atoms with E-state index in [9.17, 15) is 0 Å². The van der Waals surface area contributed by atoms with Gasteiger partial charge in [-0.15, -0.1) is 0 Å². The van der Waals surface area contributed by atoms with E-state index in [1.54, 1.807) is 0 Å². The molecule has 0 saturated carbocycles. The van der Waals surface area contributed by atoms with Crippen LogP contribution in [-0.2, 0) is 0 Å². The first-order valence-electron chi connectivity index (χ1n) is 3.11. The van der Waals surface area contributed by atoms with Crippen LogP contribution in [0.4, 0.5) is 0 Å². The number of hydrogen-bond acceptors (Lipinski definition) is 1. The average molecular weight is 129 g/mol. The van der Waals surface area contributed by atoms with Gasteiger partial charge in [0.05, 0.1) is 0 Å². The van der Waals surface area contributed by atoms with Crippen molar-refractivity contribution in [3.8, 4) is 0 Å². The summed E-state index contributed by atoms with van der Waals surface area (Å²) in [4.78, 5) is 3.34. The van der Waals surface area contributed by atoms with Crippen LogP contribution in [0.25, 0.3) is 0 Å².